The number of likely N-dealkylation sites (tertiary alicyclic amines) is 1. The second kappa shape index (κ2) is 7.40. The quantitative estimate of drug-likeness (QED) is 0.817. The van der Waals surface area contributed by atoms with Gasteiger partial charge in [-0.1, -0.05) is 19.3 Å². The first kappa shape index (κ1) is 18.5. The van der Waals surface area contributed by atoms with Gasteiger partial charge in [-0.25, -0.2) is 9.59 Å². The first-order valence-corrected chi connectivity index (χ1v) is 8.72. The Balaban J connectivity index is 2.09. The number of carboxylic acids is 1. The number of carbonyl (C=O) groups is 3. The Morgan fingerprint density at radius 1 is 1.12 bits per heavy atom. The van der Waals surface area contributed by atoms with Gasteiger partial charge in [0.2, 0.25) is 5.91 Å². The van der Waals surface area contributed by atoms with Crippen LogP contribution in [0.5, 0.6) is 0 Å². The van der Waals surface area contributed by atoms with Gasteiger partial charge < -0.3 is 20.1 Å². The molecule has 2 aliphatic rings. The first-order valence-electron chi connectivity index (χ1n) is 8.72. The summed E-state index contributed by atoms with van der Waals surface area (Å²) in [6, 6.07) is -1.48. The van der Waals surface area contributed by atoms with E-state index in [0.29, 0.717) is 13.0 Å². The van der Waals surface area contributed by atoms with Crippen molar-refractivity contribution < 1.29 is 24.2 Å². The van der Waals surface area contributed by atoms with Crippen LogP contribution in [0.2, 0.25) is 0 Å². The molecule has 24 heavy (non-hydrogen) atoms. The minimum Gasteiger partial charge on any atom is -0.480 e. The van der Waals surface area contributed by atoms with Crippen LogP contribution in [0.4, 0.5) is 4.79 Å². The van der Waals surface area contributed by atoms with Crippen molar-refractivity contribution in [3.8, 4) is 0 Å². The van der Waals surface area contributed by atoms with Gasteiger partial charge in [-0.3, -0.25) is 4.79 Å². The minimum absolute atomic E-state index is 0.0359. The third-order valence-electron chi connectivity index (χ3n) is 4.65. The lowest BCUT2D eigenvalue weighted by Gasteiger charge is -2.42. The number of hydrogen-bond donors (Lipinski definition) is 2. The van der Waals surface area contributed by atoms with Crippen molar-refractivity contribution in [3.05, 3.63) is 0 Å². The fraction of sp³-hybridized carbons (Fsp3) is 0.824. The molecule has 1 aliphatic carbocycles. The molecule has 0 radical (unpaired) electrons. The monoisotopic (exact) mass is 340 g/mol. The fourth-order valence-corrected chi connectivity index (χ4v) is 3.37. The lowest BCUT2D eigenvalue weighted by atomic mass is 9.82. The zero-order valence-electron chi connectivity index (χ0n) is 14.7. The number of aliphatic carboxylic acids is 1. The molecule has 1 saturated carbocycles. The van der Waals surface area contributed by atoms with Gasteiger partial charge in [0.1, 0.15) is 17.7 Å². The van der Waals surface area contributed by atoms with Crippen LogP contribution < -0.4 is 5.32 Å². The van der Waals surface area contributed by atoms with Gasteiger partial charge in [0.15, 0.2) is 0 Å². The van der Waals surface area contributed by atoms with E-state index in [2.05, 4.69) is 5.32 Å². The Bertz CT molecular complexity index is 494. The van der Waals surface area contributed by atoms with Crippen LogP contribution in [0, 0.1) is 5.92 Å². The highest BCUT2D eigenvalue weighted by Gasteiger charge is 2.43. The van der Waals surface area contributed by atoms with E-state index in [1.807, 2.05) is 0 Å². The van der Waals surface area contributed by atoms with Crippen LogP contribution in [0.3, 0.4) is 0 Å². The number of carbonyl (C=O) groups excluding carboxylic acids is 2. The summed E-state index contributed by atoms with van der Waals surface area (Å²) in [5.74, 6) is -1.26. The largest absolute Gasteiger partial charge is 0.480 e. The molecule has 2 atom stereocenters. The number of alkyl carbamates (subject to hydrolysis) is 1. The maximum absolute atomic E-state index is 12.8. The third kappa shape index (κ3) is 4.61. The molecule has 0 bridgehead atoms. The summed E-state index contributed by atoms with van der Waals surface area (Å²) in [5.41, 5.74) is -0.648. The Kier molecular flexibility index (Phi) is 5.72. The molecule has 0 aromatic rings. The zero-order valence-corrected chi connectivity index (χ0v) is 14.7. The molecule has 0 aromatic heterocycles. The summed E-state index contributed by atoms with van der Waals surface area (Å²) < 4.78 is 5.28. The van der Waals surface area contributed by atoms with E-state index >= 15 is 0 Å². The Morgan fingerprint density at radius 2 is 1.75 bits per heavy atom. The van der Waals surface area contributed by atoms with Crippen molar-refractivity contribution in [1.29, 1.82) is 0 Å². The highest BCUT2D eigenvalue weighted by Crippen LogP contribution is 2.29. The van der Waals surface area contributed by atoms with Gasteiger partial charge in [-0.2, -0.15) is 0 Å². The highest BCUT2D eigenvalue weighted by atomic mass is 16.6. The molecular formula is C17H28N2O5. The van der Waals surface area contributed by atoms with Crippen LogP contribution in [0.1, 0.15) is 59.3 Å². The number of carboxylic acid groups (broad SMARTS) is 1. The van der Waals surface area contributed by atoms with E-state index in [9.17, 15) is 19.5 Å². The summed E-state index contributed by atoms with van der Waals surface area (Å²) in [7, 11) is 0. The van der Waals surface area contributed by atoms with Gasteiger partial charge in [0.05, 0.1) is 0 Å². The van der Waals surface area contributed by atoms with Crippen LogP contribution in [0.15, 0.2) is 0 Å². The lowest BCUT2D eigenvalue weighted by molar-refractivity contribution is -0.159. The summed E-state index contributed by atoms with van der Waals surface area (Å²) in [4.78, 5) is 37.5. The molecule has 1 saturated heterocycles. The molecule has 2 fully saturated rings. The molecule has 136 valence electrons. The Labute approximate surface area is 142 Å². The molecule has 2 N–H and O–H groups in total. The molecule has 1 aliphatic heterocycles. The second-order valence-electron chi connectivity index (χ2n) is 7.70. The highest BCUT2D eigenvalue weighted by molar-refractivity contribution is 5.90. The van der Waals surface area contributed by atoms with Gasteiger partial charge in [0.25, 0.3) is 0 Å². The van der Waals surface area contributed by atoms with Crippen LogP contribution in [0.25, 0.3) is 0 Å². The van der Waals surface area contributed by atoms with Crippen molar-refractivity contribution in [1.82, 2.24) is 10.2 Å². The first-order chi connectivity index (χ1) is 11.2. The fourth-order valence-electron chi connectivity index (χ4n) is 3.37. The minimum atomic E-state index is -0.991. The van der Waals surface area contributed by atoms with E-state index in [0.717, 1.165) is 32.1 Å². The predicted molar refractivity (Wildman–Crippen MR) is 87.5 cm³/mol. The van der Waals surface area contributed by atoms with Crippen molar-refractivity contribution >= 4 is 18.0 Å². The molecule has 2 rings (SSSR count). The number of hydrogen-bond acceptors (Lipinski definition) is 4. The number of rotatable bonds is 4. The van der Waals surface area contributed by atoms with Gasteiger partial charge in [-0.05, 0) is 46.0 Å². The van der Waals surface area contributed by atoms with Gasteiger partial charge in [0, 0.05) is 6.54 Å². The van der Waals surface area contributed by atoms with E-state index < -0.39 is 29.7 Å². The van der Waals surface area contributed by atoms with Crippen molar-refractivity contribution in [2.24, 2.45) is 5.92 Å². The standard InChI is InChI=1S/C17H28N2O5/c1-17(2,3)24-16(23)18-13(11-7-5-4-6-8-11)14(20)19-10-9-12(19)15(21)22/h11-13H,4-10H2,1-3H3,(H,18,23)(H,21,22)/t12?,13-/m1/s1. The molecular weight excluding hydrogens is 312 g/mol. The Hall–Kier alpha value is -1.79. The van der Waals surface area contributed by atoms with Crippen molar-refractivity contribution in [2.75, 3.05) is 6.54 Å². The number of nitrogens with one attached hydrogen (secondary N) is 1. The second-order valence-corrected chi connectivity index (χ2v) is 7.70. The normalized spacial score (nSPS) is 23.1. The molecule has 0 spiro atoms. The molecule has 2 amide bonds. The van der Waals surface area contributed by atoms with Crippen LogP contribution in [-0.2, 0) is 14.3 Å². The molecule has 7 heteroatoms. The topological polar surface area (TPSA) is 95.9 Å². The van der Waals surface area contributed by atoms with Crippen LogP contribution >= 0.6 is 0 Å². The number of ether oxygens (including phenoxy) is 1. The predicted octanol–water partition coefficient (Wildman–Crippen LogP) is 2.15. The zero-order chi connectivity index (χ0) is 17.9. The Morgan fingerprint density at radius 3 is 2.21 bits per heavy atom. The van der Waals surface area contributed by atoms with Gasteiger partial charge in [-0.15, -0.1) is 0 Å². The molecule has 0 aromatic carbocycles. The molecule has 1 heterocycles. The number of amides is 2. The third-order valence-corrected chi connectivity index (χ3v) is 4.65. The maximum atomic E-state index is 12.8. The van der Waals surface area contributed by atoms with E-state index in [4.69, 9.17) is 4.74 Å². The molecule has 1 unspecified atom stereocenters. The summed E-state index contributed by atoms with van der Waals surface area (Å²) >= 11 is 0. The van der Waals surface area contributed by atoms with Gasteiger partial charge >= 0.3 is 12.1 Å². The van der Waals surface area contributed by atoms with Crippen LogP contribution in [-0.4, -0.2) is 52.2 Å². The lowest BCUT2D eigenvalue weighted by Crippen LogP contribution is -2.62. The smallest absolute Gasteiger partial charge is 0.408 e. The average molecular weight is 340 g/mol. The molecule has 7 nitrogen and oxygen atoms in total. The van der Waals surface area contributed by atoms with E-state index in [-0.39, 0.29) is 11.8 Å². The summed E-state index contributed by atoms with van der Waals surface area (Å²) in [6.07, 6.45) is 4.73. The maximum Gasteiger partial charge on any atom is 0.408 e. The van der Waals surface area contributed by atoms with Crippen molar-refractivity contribution in [2.45, 2.75) is 77.0 Å². The number of nitrogens with zero attached hydrogens (tertiary/aromatic N) is 1. The van der Waals surface area contributed by atoms with E-state index in [1.54, 1.807) is 20.8 Å². The average Bonchev–Trinajstić information content (AvgIpc) is 2.41. The summed E-state index contributed by atoms with van der Waals surface area (Å²) in [5, 5.41) is 11.9. The van der Waals surface area contributed by atoms with Crippen molar-refractivity contribution in [3.63, 3.8) is 0 Å². The van der Waals surface area contributed by atoms with E-state index in [1.165, 1.54) is 4.90 Å². The SMILES string of the molecule is CC(C)(C)OC(=O)N[C@@H](C(=O)N1CCC1C(=O)O)C1CCCCC1. The summed E-state index contributed by atoms with van der Waals surface area (Å²) in [6.45, 7) is 5.72.